The minimum absolute atomic E-state index is 0.114. The number of hydrogen-bond donors (Lipinski definition) is 0. The van der Waals surface area contributed by atoms with Gasteiger partial charge >= 0.3 is 17.9 Å². The topological polar surface area (TPSA) is 78.9 Å². The highest BCUT2D eigenvalue weighted by Crippen LogP contribution is 2.12. The van der Waals surface area contributed by atoms with Gasteiger partial charge in [0.1, 0.15) is 13.2 Å². The zero-order valence-electron chi connectivity index (χ0n) is 41.7. The number of esters is 3. The molecule has 65 heavy (non-hydrogen) atoms. The molecule has 0 aliphatic rings. The third-order valence-electron chi connectivity index (χ3n) is 10.4. The summed E-state index contributed by atoms with van der Waals surface area (Å²) in [5, 5.41) is 0. The van der Waals surface area contributed by atoms with E-state index in [1.165, 1.54) is 38.5 Å². The molecule has 0 heterocycles. The summed E-state index contributed by atoms with van der Waals surface area (Å²) >= 11 is 0. The first-order valence-electron chi connectivity index (χ1n) is 26.0. The van der Waals surface area contributed by atoms with Gasteiger partial charge in [0.15, 0.2) is 6.10 Å². The standard InChI is InChI=1S/C59H94O6/c1-4-7-10-13-16-19-22-25-27-29-31-34-37-40-43-46-49-52-58(61)64-55-56(54-63-57(60)51-48-45-42-39-36-33-24-21-18-15-12-9-6-3)65-59(62)53-50-47-44-41-38-35-32-30-28-26-23-20-17-14-11-8-5-2/h7-8,10-11,16-17,19-21,24-28,31-32,34-35,40,43,56H,4-6,9,12-15,18,22-23,29-30,33,36-39,41-42,44-55H2,1-3H3/b10-7-,11-8-,19-16-,20-17-,24-21-,27-25-,28-26-,34-31-,35-32-,43-40-/t56-/m0/s1. The molecule has 0 amide bonds. The highest BCUT2D eigenvalue weighted by molar-refractivity contribution is 5.71. The summed E-state index contributed by atoms with van der Waals surface area (Å²) in [5.41, 5.74) is 0. The Hall–Kier alpha value is -4.19. The molecule has 0 bridgehead atoms. The summed E-state index contributed by atoms with van der Waals surface area (Å²) in [6, 6.07) is 0. The second kappa shape index (κ2) is 52.4. The lowest BCUT2D eigenvalue weighted by Crippen LogP contribution is -2.30. The number of allylic oxidation sites excluding steroid dienone is 20. The predicted molar refractivity (Wildman–Crippen MR) is 279 cm³/mol. The fraction of sp³-hybridized carbons (Fsp3) is 0.610. The molecule has 0 saturated carbocycles. The SMILES string of the molecule is CC/C=C\C/C=C\C/C=C\C/C=C\C/C=C\CCCC(=O)OC[C@H](COC(=O)CCCCCCC/C=C\CCCCCC)OC(=O)CCCCCC/C=C\C/C=C\C/C=C\C/C=C\CC. The van der Waals surface area contributed by atoms with Crippen LogP contribution in [0.1, 0.15) is 213 Å². The monoisotopic (exact) mass is 899 g/mol. The van der Waals surface area contributed by atoms with Gasteiger partial charge < -0.3 is 14.2 Å². The van der Waals surface area contributed by atoms with Crippen molar-refractivity contribution in [3.8, 4) is 0 Å². The van der Waals surface area contributed by atoms with Gasteiger partial charge in [0, 0.05) is 19.3 Å². The molecular weight excluding hydrogens is 805 g/mol. The van der Waals surface area contributed by atoms with Gasteiger partial charge in [0.2, 0.25) is 0 Å². The highest BCUT2D eigenvalue weighted by Gasteiger charge is 2.19. The van der Waals surface area contributed by atoms with Crippen LogP contribution in [0.3, 0.4) is 0 Å². The summed E-state index contributed by atoms with van der Waals surface area (Å²) in [6.07, 6.45) is 71.8. The molecule has 0 aromatic rings. The number of ether oxygens (including phenoxy) is 3. The second-order valence-corrected chi connectivity index (χ2v) is 16.7. The molecule has 366 valence electrons. The molecule has 6 heteroatoms. The van der Waals surface area contributed by atoms with Crippen LogP contribution < -0.4 is 0 Å². The van der Waals surface area contributed by atoms with E-state index in [2.05, 4.69) is 142 Å². The van der Waals surface area contributed by atoms with Crippen LogP contribution in [0.25, 0.3) is 0 Å². The second-order valence-electron chi connectivity index (χ2n) is 16.7. The van der Waals surface area contributed by atoms with Crippen molar-refractivity contribution in [2.24, 2.45) is 0 Å². The van der Waals surface area contributed by atoms with Crippen molar-refractivity contribution in [1.82, 2.24) is 0 Å². The Morgan fingerprint density at radius 2 is 0.615 bits per heavy atom. The Labute approximate surface area is 399 Å². The number of carbonyl (C=O) groups excluding carboxylic acids is 3. The van der Waals surface area contributed by atoms with Crippen LogP contribution in [0.2, 0.25) is 0 Å². The molecule has 0 aliphatic heterocycles. The molecule has 0 rings (SSSR count). The summed E-state index contributed by atoms with van der Waals surface area (Å²) in [5.74, 6) is -1.01. The van der Waals surface area contributed by atoms with Gasteiger partial charge in [-0.1, -0.05) is 194 Å². The highest BCUT2D eigenvalue weighted by atomic mass is 16.6. The fourth-order valence-corrected chi connectivity index (χ4v) is 6.58. The van der Waals surface area contributed by atoms with E-state index >= 15 is 0 Å². The molecule has 0 spiro atoms. The number of hydrogen-bond acceptors (Lipinski definition) is 6. The van der Waals surface area contributed by atoms with Crippen molar-refractivity contribution in [2.45, 2.75) is 219 Å². The zero-order chi connectivity index (χ0) is 47.2. The molecule has 0 aromatic carbocycles. The smallest absolute Gasteiger partial charge is 0.306 e. The lowest BCUT2D eigenvalue weighted by molar-refractivity contribution is -0.167. The third kappa shape index (κ3) is 50.7. The van der Waals surface area contributed by atoms with E-state index in [0.717, 1.165) is 128 Å². The van der Waals surface area contributed by atoms with E-state index in [-0.39, 0.29) is 44.0 Å². The summed E-state index contributed by atoms with van der Waals surface area (Å²) in [4.78, 5) is 38.0. The first kappa shape index (κ1) is 60.8. The molecule has 0 radical (unpaired) electrons. The summed E-state index contributed by atoms with van der Waals surface area (Å²) in [6.45, 7) is 6.30. The van der Waals surface area contributed by atoms with Crippen LogP contribution in [0.4, 0.5) is 0 Å². The van der Waals surface area contributed by atoms with Crippen LogP contribution >= 0.6 is 0 Å². The normalized spacial score (nSPS) is 13.1. The molecule has 0 aromatic heterocycles. The Morgan fingerprint density at radius 3 is 1.02 bits per heavy atom. The Morgan fingerprint density at radius 1 is 0.323 bits per heavy atom. The lowest BCUT2D eigenvalue weighted by Gasteiger charge is -2.18. The van der Waals surface area contributed by atoms with Gasteiger partial charge in [0.25, 0.3) is 0 Å². The predicted octanol–water partition coefficient (Wildman–Crippen LogP) is 17.3. The minimum Gasteiger partial charge on any atom is -0.462 e. The van der Waals surface area contributed by atoms with Gasteiger partial charge in [-0.2, -0.15) is 0 Å². The lowest BCUT2D eigenvalue weighted by atomic mass is 10.1. The first-order valence-corrected chi connectivity index (χ1v) is 26.0. The van der Waals surface area contributed by atoms with Gasteiger partial charge in [-0.05, 0) is 122 Å². The van der Waals surface area contributed by atoms with E-state index in [0.29, 0.717) is 12.8 Å². The minimum atomic E-state index is -0.820. The fourth-order valence-electron chi connectivity index (χ4n) is 6.58. The number of carbonyl (C=O) groups is 3. The number of unbranched alkanes of at least 4 members (excludes halogenated alkanes) is 14. The average molecular weight is 899 g/mol. The van der Waals surface area contributed by atoms with E-state index < -0.39 is 6.10 Å². The van der Waals surface area contributed by atoms with Crippen LogP contribution in [0, 0.1) is 0 Å². The van der Waals surface area contributed by atoms with Crippen molar-refractivity contribution in [1.29, 1.82) is 0 Å². The Bertz CT molecular complexity index is 1400. The van der Waals surface area contributed by atoms with Crippen LogP contribution in [-0.4, -0.2) is 37.2 Å². The van der Waals surface area contributed by atoms with Crippen LogP contribution in [0.15, 0.2) is 122 Å². The van der Waals surface area contributed by atoms with Crippen molar-refractivity contribution < 1.29 is 28.6 Å². The molecule has 6 nitrogen and oxygen atoms in total. The van der Waals surface area contributed by atoms with Crippen LogP contribution in [-0.2, 0) is 28.6 Å². The molecule has 0 N–H and O–H groups in total. The Balaban J connectivity index is 4.56. The van der Waals surface area contributed by atoms with E-state index in [1.54, 1.807) is 0 Å². The third-order valence-corrected chi connectivity index (χ3v) is 10.4. The van der Waals surface area contributed by atoms with Crippen molar-refractivity contribution >= 4 is 17.9 Å². The molecule has 0 saturated heterocycles. The number of rotatable bonds is 45. The average Bonchev–Trinajstić information content (AvgIpc) is 3.30. The summed E-state index contributed by atoms with van der Waals surface area (Å²) in [7, 11) is 0. The maximum Gasteiger partial charge on any atom is 0.306 e. The van der Waals surface area contributed by atoms with Gasteiger partial charge in [-0.25, -0.2) is 0 Å². The van der Waals surface area contributed by atoms with Crippen molar-refractivity contribution in [3.05, 3.63) is 122 Å². The van der Waals surface area contributed by atoms with Gasteiger partial charge in [-0.3, -0.25) is 14.4 Å². The molecule has 0 fully saturated rings. The maximum atomic E-state index is 12.8. The van der Waals surface area contributed by atoms with E-state index in [9.17, 15) is 14.4 Å². The Kier molecular flexibility index (Phi) is 49.1. The largest absolute Gasteiger partial charge is 0.462 e. The van der Waals surface area contributed by atoms with Crippen molar-refractivity contribution in [3.63, 3.8) is 0 Å². The molecule has 0 aliphatic carbocycles. The maximum absolute atomic E-state index is 12.8. The molecular formula is C59H94O6. The molecule has 0 unspecified atom stereocenters. The van der Waals surface area contributed by atoms with E-state index in [1.807, 2.05) is 0 Å². The first-order chi connectivity index (χ1) is 32.0. The van der Waals surface area contributed by atoms with Crippen LogP contribution in [0.5, 0.6) is 0 Å². The molecule has 1 atom stereocenters. The quantitative estimate of drug-likeness (QED) is 0.0262. The van der Waals surface area contributed by atoms with Crippen molar-refractivity contribution in [2.75, 3.05) is 13.2 Å². The summed E-state index contributed by atoms with van der Waals surface area (Å²) < 4.78 is 16.7. The van der Waals surface area contributed by atoms with Gasteiger partial charge in [0.05, 0.1) is 0 Å². The zero-order valence-corrected chi connectivity index (χ0v) is 41.7. The van der Waals surface area contributed by atoms with E-state index in [4.69, 9.17) is 14.2 Å². The van der Waals surface area contributed by atoms with Gasteiger partial charge in [-0.15, -0.1) is 0 Å².